The standard InChI is InChI=1S/C20H17Cl3N4OS/c21-20(22,23)18(26-16(28)12-13-6-2-1-3-7-13)27-19(29)25-15-10-4-8-14-9-5-11-24-17(14)15/h1-11,18H,12H2,(H,26,28)(H2,25,27,29)/t18-/m0/s1. The number of alkyl halides is 3. The number of hydrogen-bond acceptors (Lipinski definition) is 3. The number of carbonyl (C=O) groups excluding carboxylic acids is 1. The van der Waals surface area contributed by atoms with Gasteiger partial charge in [0.15, 0.2) is 5.11 Å². The Labute approximate surface area is 188 Å². The predicted octanol–water partition coefficient (Wildman–Crippen LogP) is 4.58. The van der Waals surface area contributed by atoms with Crippen molar-refractivity contribution in [2.45, 2.75) is 16.4 Å². The zero-order valence-corrected chi connectivity index (χ0v) is 18.1. The van der Waals surface area contributed by atoms with Crippen LogP contribution in [0.3, 0.4) is 0 Å². The van der Waals surface area contributed by atoms with Crippen molar-refractivity contribution in [3.63, 3.8) is 0 Å². The lowest BCUT2D eigenvalue weighted by Crippen LogP contribution is -2.56. The summed E-state index contributed by atoms with van der Waals surface area (Å²) in [6.45, 7) is 0. The number of anilines is 1. The highest BCUT2D eigenvalue weighted by atomic mass is 35.6. The summed E-state index contributed by atoms with van der Waals surface area (Å²) in [6, 6.07) is 18.7. The summed E-state index contributed by atoms with van der Waals surface area (Å²) in [5.74, 6) is -0.311. The minimum absolute atomic E-state index is 0.146. The first-order chi connectivity index (χ1) is 13.8. The number of para-hydroxylation sites is 1. The average Bonchev–Trinajstić information content (AvgIpc) is 2.68. The molecule has 3 rings (SSSR count). The van der Waals surface area contributed by atoms with Crippen LogP contribution in [0.1, 0.15) is 5.56 Å². The van der Waals surface area contributed by atoms with Gasteiger partial charge in [0.2, 0.25) is 9.70 Å². The molecule has 0 saturated carbocycles. The molecule has 0 aliphatic rings. The van der Waals surface area contributed by atoms with E-state index in [0.717, 1.165) is 16.5 Å². The van der Waals surface area contributed by atoms with Gasteiger partial charge >= 0.3 is 0 Å². The van der Waals surface area contributed by atoms with E-state index in [1.807, 2.05) is 60.7 Å². The molecule has 1 aromatic heterocycles. The first-order valence-corrected chi connectivity index (χ1v) is 10.2. The third-order valence-corrected chi connectivity index (χ3v) is 4.87. The molecule has 3 N–H and O–H groups in total. The van der Waals surface area contributed by atoms with Crippen molar-refractivity contribution >= 4 is 74.6 Å². The lowest BCUT2D eigenvalue weighted by molar-refractivity contribution is -0.121. The second-order valence-electron chi connectivity index (χ2n) is 6.18. The van der Waals surface area contributed by atoms with Gasteiger partial charge in [-0.2, -0.15) is 0 Å². The highest BCUT2D eigenvalue weighted by Crippen LogP contribution is 2.29. The molecular formula is C20H17Cl3N4OS. The number of pyridine rings is 1. The SMILES string of the molecule is O=C(Cc1ccccc1)N[C@@H](NC(=S)Nc1cccc2cccnc12)C(Cl)(Cl)Cl. The molecule has 1 atom stereocenters. The summed E-state index contributed by atoms with van der Waals surface area (Å²) in [5, 5.41) is 9.70. The van der Waals surface area contributed by atoms with E-state index in [1.54, 1.807) is 6.20 Å². The second kappa shape index (κ2) is 9.59. The maximum absolute atomic E-state index is 12.4. The lowest BCUT2D eigenvalue weighted by Gasteiger charge is -2.28. The number of hydrogen-bond donors (Lipinski definition) is 3. The molecule has 1 heterocycles. The molecule has 0 fully saturated rings. The zero-order valence-electron chi connectivity index (χ0n) is 15.0. The van der Waals surface area contributed by atoms with E-state index < -0.39 is 9.96 Å². The summed E-state index contributed by atoms with van der Waals surface area (Å²) < 4.78 is -1.82. The normalized spacial score (nSPS) is 12.2. The summed E-state index contributed by atoms with van der Waals surface area (Å²) in [5.41, 5.74) is 2.28. The largest absolute Gasteiger partial charge is 0.339 e. The molecule has 0 saturated heterocycles. The van der Waals surface area contributed by atoms with Gasteiger partial charge in [0, 0.05) is 11.6 Å². The van der Waals surface area contributed by atoms with Crippen LogP contribution >= 0.6 is 47.0 Å². The third-order valence-electron chi connectivity index (χ3n) is 4.00. The van der Waals surface area contributed by atoms with Crippen molar-refractivity contribution in [3.05, 3.63) is 72.4 Å². The Morgan fingerprint density at radius 2 is 1.72 bits per heavy atom. The summed E-state index contributed by atoms with van der Waals surface area (Å²) in [6.07, 6.45) is 0.803. The van der Waals surface area contributed by atoms with E-state index in [9.17, 15) is 4.79 Å². The molecule has 0 aliphatic heterocycles. The van der Waals surface area contributed by atoms with E-state index in [4.69, 9.17) is 47.0 Å². The van der Waals surface area contributed by atoms with Crippen LogP contribution in [0.25, 0.3) is 10.9 Å². The van der Waals surface area contributed by atoms with Crippen LogP contribution in [0.5, 0.6) is 0 Å². The minimum atomic E-state index is -1.82. The molecule has 9 heteroatoms. The zero-order chi connectivity index (χ0) is 20.9. The van der Waals surface area contributed by atoms with Gasteiger partial charge in [-0.15, -0.1) is 0 Å². The van der Waals surface area contributed by atoms with Gasteiger partial charge < -0.3 is 16.0 Å². The van der Waals surface area contributed by atoms with Crippen LogP contribution < -0.4 is 16.0 Å². The Balaban J connectivity index is 1.68. The van der Waals surface area contributed by atoms with Crippen molar-refractivity contribution in [3.8, 4) is 0 Å². The number of rotatable bonds is 5. The third kappa shape index (κ3) is 6.18. The Kier molecular flexibility index (Phi) is 7.14. The molecule has 2 aromatic carbocycles. The van der Waals surface area contributed by atoms with Gasteiger partial charge in [-0.05, 0) is 29.9 Å². The van der Waals surface area contributed by atoms with Gasteiger partial charge in [-0.3, -0.25) is 9.78 Å². The van der Waals surface area contributed by atoms with Gasteiger partial charge in [0.25, 0.3) is 0 Å². The molecule has 0 radical (unpaired) electrons. The highest BCUT2D eigenvalue weighted by molar-refractivity contribution is 7.80. The monoisotopic (exact) mass is 466 g/mol. The van der Waals surface area contributed by atoms with Gasteiger partial charge in [-0.25, -0.2) is 0 Å². The molecule has 0 spiro atoms. The smallest absolute Gasteiger partial charge is 0.228 e. The molecular weight excluding hydrogens is 451 g/mol. The number of amides is 1. The Morgan fingerprint density at radius 3 is 2.45 bits per heavy atom. The summed E-state index contributed by atoms with van der Waals surface area (Å²) >= 11 is 23.5. The number of nitrogens with zero attached hydrogens (tertiary/aromatic N) is 1. The van der Waals surface area contributed by atoms with Crippen molar-refractivity contribution in [1.82, 2.24) is 15.6 Å². The first kappa shape index (κ1) is 21.6. The minimum Gasteiger partial charge on any atom is -0.339 e. The maximum Gasteiger partial charge on any atom is 0.228 e. The molecule has 0 aliphatic carbocycles. The lowest BCUT2D eigenvalue weighted by atomic mass is 10.1. The highest BCUT2D eigenvalue weighted by Gasteiger charge is 2.34. The number of nitrogens with one attached hydrogen (secondary N) is 3. The van der Waals surface area contributed by atoms with Gasteiger partial charge in [-0.1, -0.05) is 83.3 Å². The number of benzene rings is 2. The number of carbonyl (C=O) groups is 1. The second-order valence-corrected chi connectivity index (χ2v) is 8.96. The molecule has 150 valence electrons. The molecule has 1 amide bonds. The molecule has 0 bridgehead atoms. The van der Waals surface area contributed by atoms with E-state index in [1.165, 1.54) is 0 Å². The Bertz CT molecular complexity index is 1010. The predicted molar refractivity (Wildman–Crippen MR) is 123 cm³/mol. The number of halogens is 3. The van der Waals surface area contributed by atoms with E-state index in [0.29, 0.717) is 5.69 Å². The maximum atomic E-state index is 12.4. The first-order valence-electron chi connectivity index (χ1n) is 8.64. The van der Waals surface area contributed by atoms with Crippen molar-refractivity contribution in [2.75, 3.05) is 5.32 Å². The number of thiocarbonyl (C=S) groups is 1. The fraction of sp³-hybridized carbons (Fsp3) is 0.150. The van der Waals surface area contributed by atoms with Crippen LogP contribution in [0.2, 0.25) is 0 Å². The molecule has 5 nitrogen and oxygen atoms in total. The Hall–Kier alpha value is -2.12. The van der Waals surface area contributed by atoms with Crippen LogP contribution in [-0.2, 0) is 11.2 Å². The summed E-state index contributed by atoms with van der Waals surface area (Å²) in [4.78, 5) is 16.7. The molecule has 0 unspecified atom stereocenters. The van der Waals surface area contributed by atoms with Crippen LogP contribution in [0.4, 0.5) is 5.69 Å². The van der Waals surface area contributed by atoms with Gasteiger partial charge in [0.05, 0.1) is 17.6 Å². The van der Waals surface area contributed by atoms with E-state index in [2.05, 4.69) is 20.9 Å². The van der Waals surface area contributed by atoms with Crippen LogP contribution in [0, 0.1) is 0 Å². The number of aromatic nitrogens is 1. The van der Waals surface area contributed by atoms with E-state index >= 15 is 0 Å². The fourth-order valence-electron chi connectivity index (χ4n) is 2.69. The number of fused-ring (bicyclic) bond motifs is 1. The van der Waals surface area contributed by atoms with Crippen molar-refractivity contribution < 1.29 is 4.79 Å². The summed E-state index contributed by atoms with van der Waals surface area (Å²) in [7, 11) is 0. The van der Waals surface area contributed by atoms with Crippen molar-refractivity contribution in [1.29, 1.82) is 0 Å². The topological polar surface area (TPSA) is 66.1 Å². The Morgan fingerprint density at radius 1 is 1.00 bits per heavy atom. The van der Waals surface area contributed by atoms with Gasteiger partial charge in [0.1, 0.15) is 6.17 Å². The van der Waals surface area contributed by atoms with Crippen molar-refractivity contribution in [2.24, 2.45) is 0 Å². The van der Waals surface area contributed by atoms with E-state index in [-0.39, 0.29) is 17.4 Å². The molecule has 3 aromatic rings. The fourth-order valence-corrected chi connectivity index (χ4v) is 3.24. The van der Waals surface area contributed by atoms with Crippen LogP contribution in [0.15, 0.2) is 66.9 Å². The quantitative estimate of drug-likeness (QED) is 0.291. The molecule has 29 heavy (non-hydrogen) atoms. The van der Waals surface area contributed by atoms with Crippen LogP contribution in [-0.4, -0.2) is 26.0 Å². The average molecular weight is 468 g/mol.